The zero-order valence-corrected chi connectivity index (χ0v) is 11.4. The number of hydrogen-bond acceptors (Lipinski definition) is 2. The molecule has 18 heavy (non-hydrogen) atoms. The Morgan fingerprint density at radius 1 is 1.00 bits per heavy atom. The second kappa shape index (κ2) is 5.18. The van der Waals surface area contributed by atoms with E-state index in [2.05, 4.69) is 10.8 Å². The largest absolute Gasteiger partial charge is 0.277 e. The molecule has 0 saturated carbocycles. The maximum absolute atomic E-state index is 12.1. The summed E-state index contributed by atoms with van der Waals surface area (Å²) >= 11 is 11.8. The lowest BCUT2D eigenvalue weighted by molar-refractivity contribution is 0.601. The first kappa shape index (κ1) is 13.2. The fourth-order valence-electron chi connectivity index (χ4n) is 1.34. The van der Waals surface area contributed by atoms with Crippen LogP contribution in [0.25, 0.3) is 0 Å². The van der Waals surface area contributed by atoms with Gasteiger partial charge in [-0.1, -0.05) is 41.4 Å². The minimum atomic E-state index is -3.69. The van der Waals surface area contributed by atoms with E-state index in [0.29, 0.717) is 0 Å². The molecular formula is C12H8Cl2NO2S. The molecule has 0 aliphatic heterocycles. The Hall–Kier alpha value is -1.23. The van der Waals surface area contributed by atoms with Crippen molar-refractivity contribution in [1.29, 1.82) is 0 Å². The van der Waals surface area contributed by atoms with Gasteiger partial charge in [-0.2, -0.15) is 0 Å². The van der Waals surface area contributed by atoms with Gasteiger partial charge in [-0.3, -0.25) is 4.72 Å². The zero-order chi connectivity index (χ0) is 13.2. The highest BCUT2D eigenvalue weighted by Gasteiger charge is 2.16. The number of halogens is 2. The maximum atomic E-state index is 12.1. The van der Waals surface area contributed by atoms with Crippen LogP contribution < -0.4 is 4.72 Å². The molecule has 3 nitrogen and oxygen atoms in total. The van der Waals surface area contributed by atoms with Gasteiger partial charge in [0.15, 0.2) is 0 Å². The molecule has 93 valence electrons. The van der Waals surface area contributed by atoms with Gasteiger partial charge in [0.1, 0.15) is 0 Å². The Balaban J connectivity index is 2.41. The molecule has 1 N–H and O–H groups in total. The van der Waals surface area contributed by atoms with Crippen molar-refractivity contribution in [3.8, 4) is 0 Å². The van der Waals surface area contributed by atoms with Crippen molar-refractivity contribution >= 4 is 38.9 Å². The van der Waals surface area contributed by atoms with Crippen molar-refractivity contribution in [2.75, 3.05) is 4.72 Å². The normalized spacial score (nSPS) is 11.2. The van der Waals surface area contributed by atoms with Crippen molar-refractivity contribution < 1.29 is 8.42 Å². The molecule has 0 unspecified atom stereocenters. The Bertz CT molecular complexity index is 637. The molecule has 2 aromatic carbocycles. The predicted molar refractivity (Wildman–Crippen MR) is 72.5 cm³/mol. The summed E-state index contributed by atoms with van der Waals surface area (Å²) < 4.78 is 26.5. The molecule has 0 heterocycles. The molecular weight excluding hydrogens is 293 g/mol. The van der Waals surface area contributed by atoms with E-state index < -0.39 is 10.0 Å². The van der Waals surface area contributed by atoms with Crippen LogP contribution in [0.3, 0.4) is 0 Å². The highest BCUT2D eigenvalue weighted by molar-refractivity contribution is 7.92. The molecule has 1 radical (unpaired) electrons. The fraction of sp³-hybridized carbons (Fsp3) is 0. The molecule has 0 aliphatic carbocycles. The number of sulfonamides is 1. The Morgan fingerprint density at radius 2 is 1.56 bits per heavy atom. The summed E-state index contributed by atoms with van der Waals surface area (Å²) in [6.07, 6.45) is 0. The molecule has 0 fully saturated rings. The van der Waals surface area contributed by atoms with E-state index in [1.165, 1.54) is 24.3 Å². The standard InChI is InChI=1S/C12H8Cl2NO2S/c13-10-7-4-8-11(14)12(10)15-18(16,17)9-5-2-1-3-6-9/h1-3,5-8,15H. The molecule has 6 heteroatoms. The van der Waals surface area contributed by atoms with E-state index >= 15 is 0 Å². The number of nitrogens with one attached hydrogen (secondary N) is 1. The predicted octanol–water partition coefficient (Wildman–Crippen LogP) is 3.59. The fourth-order valence-corrected chi connectivity index (χ4v) is 3.04. The summed E-state index contributed by atoms with van der Waals surface area (Å²) in [6.45, 7) is 0. The quantitative estimate of drug-likeness (QED) is 0.941. The lowest BCUT2D eigenvalue weighted by Gasteiger charge is -2.10. The topological polar surface area (TPSA) is 46.2 Å². The van der Waals surface area contributed by atoms with Gasteiger partial charge >= 0.3 is 0 Å². The van der Waals surface area contributed by atoms with Crippen molar-refractivity contribution in [3.63, 3.8) is 0 Å². The van der Waals surface area contributed by atoms with Crippen molar-refractivity contribution in [3.05, 3.63) is 58.6 Å². The molecule has 0 atom stereocenters. The molecule has 0 aliphatic rings. The maximum Gasteiger partial charge on any atom is 0.261 e. The van der Waals surface area contributed by atoms with Gasteiger partial charge in [0.05, 0.1) is 20.6 Å². The Kier molecular flexibility index (Phi) is 3.80. The first-order valence-corrected chi connectivity index (χ1v) is 7.17. The van der Waals surface area contributed by atoms with E-state index in [0.717, 1.165) is 0 Å². The molecule has 0 aromatic heterocycles. The van der Waals surface area contributed by atoms with E-state index in [4.69, 9.17) is 23.2 Å². The molecule has 2 rings (SSSR count). The SMILES string of the molecule is O=S(=O)(Nc1c(Cl)c[c]cc1Cl)c1ccccc1. The van der Waals surface area contributed by atoms with E-state index in [1.54, 1.807) is 18.2 Å². The third-order valence-corrected chi connectivity index (χ3v) is 4.15. The lowest BCUT2D eigenvalue weighted by atomic mass is 10.3. The van der Waals surface area contributed by atoms with Gasteiger partial charge in [-0.25, -0.2) is 8.42 Å². The zero-order valence-electron chi connectivity index (χ0n) is 9.02. The minimum Gasteiger partial charge on any atom is -0.277 e. The average molecular weight is 301 g/mol. The van der Waals surface area contributed by atoms with Crippen LogP contribution in [0.2, 0.25) is 10.0 Å². The summed E-state index contributed by atoms with van der Waals surface area (Å²) in [7, 11) is -3.69. The van der Waals surface area contributed by atoms with Crippen LogP contribution in [-0.2, 0) is 10.0 Å². The number of hydrogen-bond donors (Lipinski definition) is 1. The molecule has 0 bridgehead atoms. The van der Waals surface area contributed by atoms with Crippen molar-refractivity contribution in [1.82, 2.24) is 0 Å². The van der Waals surface area contributed by atoms with Crippen LogP contribution in [0, 0.1) is 6.07 Å². The smallest absolute Gasteiger partial charge is 0.261 e. The van der Waals surface area contributed by atoms with Gasteiger partial charge in [0.25, 0.3) is 10.0 Å². The van der Waals surface area contributed by atoms with Crippen LogP contribution in [-0.4, -0.2) is 8.42 Å². The van der Waals surface area contributed by atoms with Gasteiger partial charge in [0, 0.05) is 0 Å². The first-order valence-electron chi connectivity index (χ1n) is 4.93. The molecule has 0 saturated heterocycles. The highest BCUT2D eigenvalue weighted by atomic mass is 35.5. The third-order valence-electron chi connectivity index (χ3n) is 2.19. The molecule has 0 amide bonds. The van der Waals surface area contributed by atoms with Crippen molar-refractivity contribution in [2.24, 2.45) is 0 Å². The average Bonchev–Trinajstić information content (AvgIpc) is 2.35. The van der Waals surface area contributed by atoms with Crippen LogP contribution in [0.4, 0.5) is 5.69 Å². The number of rotatable bonds is 3. The second-order valence-electron chi connectivity index (χ2n) is 3.44. The highest BCUT2D eigenvalue weighted by Crippen LogP contribution is 2.31. The molecule has 0 spiro atoms. The Morgan fingerprint density at radius 3 is 2.11 bits per heavy atom. The van der Waals surface area contributed by atoms with Crippen LogP contribution >= 0.6 is 23.2 Å². The summed E-state index contributed by atoms with van der Waals surface area (Å²) in [5.74, 6) is 0. The van der Waals surface area contributed by atoms with E-state index in [1.807, 2.05) is 0 Å². The van der Waals surface area contributed by atoms with Crippen molar-refractivity contribution in [2.45, 2.75) is 4.90 Å². The molecule has 2 aromatic rings. The monoisotopic (exact) mass is 300 g/mol. The minimum absolute atomic E-state index is 0.143. The van der Waals surface area contributed by atoms with E-state index in [-0.39, 0.29) is 20.6 Å². The van der Waals surface area contributed by atoms with E-state index in [9.17, 15) is 8.42 Å². The first-order chi connectivity index (χ1) is 8.50. The van der Waals surface area contributed by atoms with Crippen LogP contribution in [0.15, 0.2) is 47.4 Å². The summed E-state index contributed by atoms with van der Waals surface area (Å²) in [6, 6.07) is 13.6. The van der Waals surface area contributed by atoms with Gasteiger partial charge in [-0.15, -0.1) is 0 Å². The summed E-state index contributed by atoms with van der Waals surface area (Å²) in [4.78, 5) is 0.143. The summed E-state index contributed by atoms with van der Waals surface area (Å²) in [5.41, 5.74) is 0.154. The third kappa shape index (κ3) is 2.77. The second-order valence-corrected chi connectivity index (χ2v) is 5.94. The summed E-state index contributed by atoms with van der Waals surface area (Å²) in [5, 5.41) is 0.393. The van der Waals surface area contributed by atoms with Gasteiger partial charge in [0.2, 0.25) is 0 Å². The van der Waals surface area contributed by atoms with Crippen LogP contribution in [0.5, 0.6) is 0 Å². The number of benzene rings is 2. The number of anilines is 1. The lowest BCUT2D eigenvalue weighted by Crippen LogP contribution is -2.13. The van der Waals surface area contributed by atoms with Crippen LogP contribution in [0.1, 0.15) is 0 Å². The Labute approximate surface area is 115 Å². The van der Waals surface area contributed by atoms with Gasteiger partial charge < -0.3 is 0 Å². The van der Waals surface area contributed by atoms with Gasteiger partial charge in [-0.05, 0) is 30.3 Å².